The highest BCUT2D eigenvalue weighted by atomic mass is 79.9. The standard InChI is InChI=1S/C10H14Br2Cl2/c1-9(3-4-11)6-10(2,14)8(13)5-7(9)12/h3-4,7-8H,5-6H2,1-2H3/b4-3+. The monoisotopic (exact) mass is 362 g/mol. The van der Waals surface area contributed by atoms with Crippen LogP contribution < -0.4 is 0 Å². The first kappa shape index (κ1) is 13.3. The largest absolute Gasteiger partial charge is 0.121 e. The van der Waals surface area contributed by atoms with Crippen molar-refractivity contribution in [1.82, 2.24) is 0 Å². The van der Waals surface area contributed by atoms with Gasteiger partial charge in [0.15, 0.2) is 0 Å². The van der Waals surface area contributed by atoms with E-state index in [0.29, 0.717) is 4.83 Å². The minimum Gasteiger partial charge on any atom is -0.121 e. The predicted molar refractivity (Wildman–Crippen MR) is 72.0 cm³/mol. The molecule has 82 valence electrons. The average Bonchev–Trinajstić information content (AvgIpc) is 2.01. The van der Waals surface area contributed by atoms with Crippen LogP contribution in [-0.4, -0.2) is 15.1 Å². The Morgan fingerprint density at radius 1 is 1.43 bits per heavy atom. The topological polar surface area (TPSA) is 0 Å². The van der Waals surface area contributed by atoms with Crippen molar-refractivity contribution in [2.45, 2.75) is 41.8 Å². The van der Waals surface area contributed by atoms with Crippen LogP contribution in [0.3, 0.4) is 0 Å². The summed E-state index contributed by atoms with van der Waals surface area (Å²) in [5, 5.41) is 0.0327. The molecule has 0 aromatic carbocycles. The van der Waals surface area contributed by atoms with Gasteiger partial charge in [-0.1, -0.05) is 44.9 Å². The van der Waals surface area contributed by atoms with E-state index in [9.17, 15) is 0 Å². The van der Waals surface area contributed by atoms with Crippen molar-refractivity contribution < 1.29 is 0 Å². The van der Waals surface area contributed by atoms with Gasteiger partial charge < -0.3 is 0 Å². The summed E-state index contributed by atoms with van der Waals surface area (Å²) in [4.78, 5) is 1.98. The lowest BCUT2D eigenvalue weighted by Crippen LogP contribution is -2.46. The molecule has 1 fully saturated rings. The molecule has 0 bridgehead atoms. The second kappa shape index (κ2) is 4.65. The molecule has 1 rings (SSSR count). The molecule has 14 heavy (non-hydrogen) atoms. The third-order valence-electron chi connectivity index (χ3n) is 2.95. The third kappa shape index (κ3) is 2.69. The molecule has 1 saturated carbocycles. The summed E-state index contributed by atoms with van der Waals surface area (Å²) in [7, 11) is 0. The van der Waals surface area contributed by atoms with E-state index in [1.54, 1.807) is 0 Å². The Hall–Kier alpha value is 1.28. The van der Waals surface area contributed by atoms with E-state index in [4.69, 9.17) is 23.2 Å². The number of halogens is 4. The van der Waals surface area contributed by atoms with Crippen LogP contribution in [0, 0.1) is 5.41 Å². The van der Waals surface area contributed by atoms with Crippen LogP contribution in [0.15, 0.2) is 11.1 Å². The number of alkyl halides is 3. The molecule has 0 amide bonds. The Morgan fingerprint density at radius 2 is 2.00 bits per heavy atom. The summed E-state index contributed by atoms with van der Waals surface area (Å²) in [6, 6.07) is 0. The summed E-state index contributed by atoms with van der Waals surface area (Å²) in [5.41, 5.74) is 0.0748. The van der Waals surface area contributed by atoms with Gasteiger partial charge in [0.2, 0.25) is 0 Å². The Morgan fingerprint density at radius 3 is 2.50 bits per heavy atom. The molecule has 4 atom stereocenters. The van der Waals surface area contributed by atoms with E-state index in [1.165, 1.54) is 0 Å². The van der Waals surface area contributed by atoms with E-state index >= 15 is 0 Å². The fourth-order valence-corrected chi connectivity index (χ4v) is 4.11. The molecule has 0 spiro atoms. The molecule has 0 aromatic rings. The van der Waals surface area contributed by atoms with E-state index in [2.05, 4.69) is 44.9 Å². The van der Waals surface area contributed by atoms with Crippen molar-refractivity contribution in [3.05, 3.63) is 11.1 Å². The van der Waals surface area contributed by atoms with Crippen LogP contribution >= 0.6 is 55.1 Å². The molecule has 0 saturated heterocycles. The van der Waals surface area contributed by atoms with E-state index < -0.39 is 0 Å². The van der Waals surface area contributed by atoms with Crippen LogP contribution in [0.25, 0.3) is 0 Å². The maximum atomic E-state index is 6.41. The van der Waals surface area contributed by atoms with Gasteiger partial charge in [-0.15, -0.1) is 23.2 Å². The molecule has 4 heteroatoms. The first-order valence-electron chi connectivity index (χ1n) is 4.57. The van der Waals surface area contributed by atoms with Crippen LogP contribution in [0.4, 0.5) is 0 Å². The molecule has 0 nitrogen and oxygen atoms in total. The zero-order chi connectivity index (χ0) is 11.0. The maximum Gasteiger partial charge on any atom is 0.0590 e. The molecule has 0 aliphatic heterocycles. The molecule has 0 heterocycles. The fraction of sp³-hybridized carbons (Fsp3) is 0.800. The molecule has 1 aliphatic rings. The van der Waals surface area contributed by atoms with Crippen LogP contribution in [-0.2, 0) is 0 Å². The van der Waals surface area contributed by atoms with Gasteiger partial charge in [0, 0.05) is 10.2 Å². The van der Waals surface area contributed by atoms with Gasteiger partial charge in [0.1, 0.15) is 0 Å². The molecule has 1 aliphatic carbocycles. The SMILES string of the molecule is CC1(Cl)CC(C)(/C=C/Br)C(Br)CC1Cl. The molecular weight excluding hydrogens is 351 g/mol. The lowest BCUT2D eigenvalue weighted by atomic mass is 9.71. The van der Waals surface area contributed by atoms with Crippen molar-refractivity contribution >= 4 is 55.1 Å². The van der Waals surface area contributed by atoms with Gasteiger partial charge in [-0.05, 0) is 24.8 Å². The number of hydrogen-bond acceptors (Lipinski definition) is 0. The fourth-order valence-electron chi connectivity index (χ4n) is 1.97. The van der Waals surface area contributed by atoms with Gasteiger partial charge in [-0.25, -0.2) is 0 Å². The van der Waals surface area contributed by atoms with Gasteiger partial charge in [-0.2, -0.15) is 0 Å². The highest BCUT2D eigenvalue weighted by Gasteiger charge is 2.47. The Labute approximate surface area is 113 Å². The molecule has 4 unspecified atom stereocenters. The summed E-state index contributed by atoms with van der Waals surface area (Å²) in [6.07, 6.45) is 3.93. The maximum absolute atomic E-state index is 6.41. The average molecular weight is 365 g/mol. The zero-order valence-corrected chi connectivity index (χ0v) is 12.9. The van der Waals surface area contributed by atoms with Gasteiger partial charge in [0.25, 0.3) is 0 Å². The van der Waals surface area contributed by atoms with Crippen LogP contribution in [0.2, 0.25) is 0 Å². The summed E-state index contributed by atoms with van der Waals surface area (Å²) in [5.74, 6) is 0. The Balaban J connectivity index is 2.89. The van der Waals surface area contributed by atoms with Crippen molar-refractivity contribution in [2.24, 2.45) is 5.41 Å². The van der Waals surface area contributed by atoms with Crippen molar-refractivity contribution in [3.63, 3.8) is 0 Å². The zero-order valence-electron chi connectivity index (χ0n) is 8.24. The molecule has 0 N–H and O–H groups in total. The van der Waals surface area contributed by atoms with Crippen LogP contribution in [0.1, 0.15) is 26.7 Å². The Bertz CT molecular complexity index is 240. The quantitative estimate of drug-likeness (QED) is 0.570. The lowest BCUT2D eigenvalue weighted by Gasteiger charge is -2.46. The lowest BCUT2D eigenvalue weighted by molar-refractivity contribution is 0.260. The molecule has 0 aromatic heterocycles. The van der Waals surface area contributed by atoms with Gasteiger partial charge in [0.05, 0.1) is 10.3 Å². The normalized spacial score (nSPS) is 49.9. The van der Waals surface area contributed by atoms with E-state index in [-0.39, 0.29) is 15.7 Å². The Kier molecular flexibility index (Phi) is 4.43. The first-order valence-corrected chi connectivity index (χ1v) is 7.21. The van der Waals surface area contributed by atoms with E-state index in [1.807, 2.05) is 11.9 Å². The van der Waals surface area contributed by atoms with Crippen molar-refractivity contribution in [3.8, 4) is 0 Å². The van der Waals surface area contributed by atoms with Crippen molar-refractivity contribution in [2.75, 3.05) is 0 Å². The number of hydrogen-bond donors (Lipinski definition) is 0. The van der Waals surface area contributed by atoms with E-state index in [0.717, 1.165) is 12.8 Å². The van der Waals surface area contributed by atoms with Crippen LogP contribution in [0.5, 0.6) is 0 Å². The minimum atomic E-state index is -0.312. The van der Waals surface area contributed by atoms with Gasteiger partial charge >= 0.3 is 0 Å². The second-order valence-corrected chi connectivity index (χ2v) is 7.45. The highest BCUT2D eigenvalue weighted by molar-refractivity contribution is 9.11. The summed E-state index contributed by atoms with van der Waals surface area (Å²) >= 11 is 19.7. The number of allylic oxidation sites excluding steroid dienone is 1. The summed E-state index contributed by atoms with van der Waals surface area (Å²) < 4.78 is 0. The summed E-state index contributed by atoms with van der Waals surface area (Å²) in [6.45, 7) is 4.22. The first-order chi connectivity index (χ1) is 6.32. The molecule has 0 radical (unpaired) electrons. The number of rotatable bonds is 1. The highest BCUT2D eigenvalue weighted by Crippen LogP contribution is 2.50. The van der Waals surface area contributed by atoms with Crippen molar-refractivity contribution in [1.29, 1.82) is 0 Å². The van der Waals surface area contributed by atoms with Gasteiger partial charge in [-0.3, -0.25) is 0 Å². The minimum absolute atomic E-state index is 0.0327. The smallest absolute Gasteiger partial charge is 0.0590 e. The third-order valence-corrected chi connectivity index (χ3v) is 5.81. The second-order valence-electron chi connectivity index (χ2n) is 4.42. The molecular formula is C10H14Br2Cl2. The predicted octanol–water partition coefficient (Wildman–Crippen LogP) is 5.06.